The van der Waals surface area contributed by atoms with Gasteiger partial charge in [0, 0.05) is 18.7 Å². The molecule has 1 heterocycles. The predicted molar refractivity (Wildman–Crippen MR) is 84.4 cm³/mol. The van der Waals surface area contributed by atoms with Crippen LogP contribution < -0.4 is 5.73 Å². The highest BCUT2D eigenvalue weighted by Crippen LogP contribution is 2.29. The Kier molecular flexibility index (Phi) is 4.39. The lowest BCUT2D eigenvalue weighted by molar-refractivity contribution is 0.463. The van der Waals surface area contributed by atoms with E-state index >= 15 is 0 Å². The summed E-state index contributed by atoms with van der Waals surface area (Å²) in [5.41, 5.74) is 6.01. The van der Waals surface area contributed by atoms with Crippen molar-refractivity contribution in [3.8, 4) is 0 Å². The normalized spacial score (nSPS) is 23.9. The van der Waals surface area contributed by atoms with Gasteiger partial charge in [0.15, 0.2) is 0 Å². The van der Waals surface area contributed by atoms with E-state index in [9.17, 15) is 8.42 Å². The van der Waals surface area contributed by atoms with Crippen LogP contribution in [0.4, 0.5) is 0 Å². The van der Waals surface area contributed by atoms with Gasteiger partial charge < -0.3 is 5.73 Å². The van der Waals surface area contributed by atoms with Gasteiger partial charge in [-0.1, -0.05) is 37.7 Å². The smallest absolute Gasteiger partial charge is 0.243 e. The van der Waals surface area contributed by atoms with Gasteiger partial charge in [0.25, 0.3) is 0 Å². The van der Waals surface area contributed by atoms with Crippen LogP contribution in [0.25, 0.3) is 0 Å². The third-order valence-corrected chi connectivity index (χ3v) is 6.16. The molecule has 0 bridgehead atoms. The van der Waals surface area contributed by atoms with Crippen LogP contribution in [0.1, 0.15) is 19.4 Å². The van der Waals surface area contributed by atoms with Crippen LogP contribution in [0, 0.1) is 11.8 Å². The molecule has 110 valence electrons. The average molecular weight is 333 g/mol. The third-order valence-electron chi connectivity index (χ3n) is 3.80. The summed E-state index contributed by atoms with van der Waals surface area (Å²) in [6, 6.07) is 4.48. The van der Waals surface area contributed by atoms with Gasteiger partial charge in [-0.15, -0.1) is 0 Å². The number of sulfonamides is 1. The van der Waals surface area contributed by atoms with E-state index in [0.29, 0.717) is 30.5 Å². The molecule has 2 unspecified atom stereocenters. The summed E-state index contributed by atoms with van der Waals surface area (Å²) < 4.78 is 26.6. The summed E-state index contributed by atoms with van der Waals surface area (Å²) in [4.78, 5) is 0.339. The lowest BCUT2D eigenvalue weighted by Gasteiger charge is -2.17. The van der Waals surface area contributed by atoms with E-state index in [0.717, 1.165) is 0 Å². The van der Waals surface area contributed by atoms with E-state index < -0.39 is 10.0 Å². The van der Waals surface area contributed by atoms with Crippen molar-refractivity contribution in [2.75, 3.05) is 13.1 Å². The van der Waals surface area contributed by atoms with Crippen LogP contribution in [0.3, 0.4) is 0 Å². The van der Waals surface area contributed by atoms with E-state index in [1.165, 1.54) is 16.4 Å². The molecule has 0 radical (unpaired) electrons. The summed E-state index contributed by atoms with van der Waals surface area (Å²) in [6.07, 6.45) is 0. The first-order chi connectivity index (χ1) is 9.23. The van der Waals surface area contributed by atoms with Gasteiger partial charge in [0.2, 0.25) is 10.0 Å². The zero-order valence-corrected chi connectivity index (χ0v) is 13.7. The molecule has 1 aromatic carbocycles. The zero-order valence-electron chi connectivity index (χ0n) is 11.3. The summed E-state index contributed by atoms with van der Waals surface area (Å²) >= 11 is 10.9. The summed E-state index contributed by atoms with van der Waals surface area (Å²) in [5, 5.41) is 0.263. The molecule has 1 aliphatic heterocycles. The molecule has 2 atom stereocenters. The second-order valence-corrected chi connectivity index (χ2v) is 8.07. The minimum atomic E-state index is -3.50. The second-order valence-electron chi connectivity index (χ2n) is 5.28. The minimum absolute atomic E-state index is 0.155. The Morgan fingerprint density at radius 2 is 1.90 bits per heavy atom. The molecule has 2 N–H and O–H groups in total. The Hall–Kier alpha value is -0.690. The lowest BCUT2D eigenvalue weighted by atomic mass is 10.0. The molecule has 0 aliphatic carbocycles. The van der Waals surface area contributed by atoms with E-state index in [4.69, 9.17) is 29.6 Å². The van der Waals surface area contributed by atoms with E-state index in [1.807, 2.05) is 0 Å². The minimum Gasteiger partial charge on any atom is -0.389 e. The van der Waals surface area contributed by atoms with Crippen LogP contribution in [-0.4, -0.2) is 30.8 Å². The Morgan fingerprint density at radius 3 is 2.35 bits per heavy atom. The molecule has 2 rings (SSSR count). The van der Waals surface area contributed by atoms with Gasteiger partial charge in [-0.2, -0.15) is 4.31 Å². The van der Waals surface area contributed by atoms with Gasteiger partial charge in [0.1, 0.15) is 4.99 Å². The first-order valence-corrected chi connectivity index (χ1v) is 8.55. The molecule has 7 heteroatoms. The standard InChI is InChI=1S/C13H17ClN2O2S2/c1-8-6-16(7-9(8)2)20(17,18)10-3-4-11(13(15)19)12(14)5-10/h3-5,8-9H,6-7H2,1-2H3,(H2,15,19). The summed E-state index contributed by atoms with van der Waals surface area (Å²) in [7, 11) is -3.50. The molecular weight excluding hydrogens is 316 g/mol. The van der Waals surface area contributed by atoms with Crippen molar-refractivity contribution in [1.29, 1.82) is 0 Å². The SMILES string of the molecule is CC1CN(S(=O)(=O)c2ccc(C(N)=S)c(Cl)c2)CC1C. The Balaban J connectivity index is 2.36. The summed E-state index contributed by atoms with van der Waals surface area (Å²) in [5.74, 6) is 0.715. The monoisotopic (exact) mass is 332 g/mol. The van der Waals surface area contributed by atoms with E-state index in [-0.39, 0.29) is 14.9 Å². The van der Waals surface area contributed by atoms with Crippen molar-refractivity contribution >= 4 is 38.8 Å². The van der Waals surface area contributed by atoms with Crippen LogP contribution in [0.5, 0.6) is 0 Å². The van der Waals surface area contributed by atoms with Crippen molar-refractivity contribution in [2.24, 2.45) is 17.6 Å². The maximum Gasteiger partial charge on any atom is 0.243 e. The first kappa shape index (κ1) is 15.7. The largest absolute Gasteiger partial charge is 0.389 e. The van der Waals surface area contributed by atoms with Gasteiger partial charge in [-0.3, -0.25) is 0 Å². The molecule has 20 heavy (non-hydrogen) atoms. The third kappa shape index (κ3) is 2.83. The van der Waals surface area contributed by atoms with Crippen LogP contribution in [0.15, 0.2) is 23.1 Å². The van der Waals surface area contributed by atoms with Gasteiger partial charge in [-0.25, -0.2) is 8.42 Å². The van der Waals surface area contributed by atoms with E-state index in [2.05, 4.69) is 13.8 Å². The molecule has 0 spiro atoms. The topological polar surface area (TPSA) is 63.4 Å². The van der Waals surface area contributed by atoms with Crippen LogP contribution in [0.2, 0.25) is 5.02 Å². The maximum atomic E-state index is 12.6. The van der Waals surface area contributed by atoms with E-state index in [1.54, 1.807) is 6.07 Å². The number of nitrogens with two attached hydrogens (primary N) is 1. The fourth-order valence-corrected chi connectivity index (χ4v) is 4.53. The van der Waals surface area contributed by atoms with Crippen molar-refractivity contribution in [2.45, 2.75) is 18.7 Å². The fraction of sp³-hybridized carbons (Fsp3) is 0.462. The van der Waals surface area contributed by atoms with Gasteiger partial charge in [-0.05, 0) is 30.0 Å². The Labute approximate surface area is 130 Å². The molecule has 1 aliphatic rings. The zero-order chi connectivity index (χ0) is 15.1. The quantitative estimate of drug-likeness (QED) is 0.862. The molecule has 1 fully saturated rings. The lowest BCUT2D eigenvalue weighted by Crippen LogP contribution is -2.29. The number of benzene rings is 1. The number of hydrogen-bond acceptors (Lipinski definition) is 3. The molecule has 1 saturated heterocycles. The number of halogens is 1. The molecule has 1 aromatic rings. The molecule has 0 saturated carbocycles. The van der Waals surface area contributed by atoms with Gasteiger partial charge >= 0.3 is 0 Å². The Bertz CT molecular complexity index is 636. The first-order valence-electron chi connectivity index (χ1n) is 6.33. The highest BCUT2D eigenvalue weighted by Gasteiger charge is 2.35. The molecule has 4 nitrogen and oxygen atoms in total. The predicted octanol–water partition coefficient (Wildman–Crippen LogP) is 2.25. The number of thiocarbonyl (C=S) groups is 1. The highest BCUT2D eigenvalue weighted by molar-refractivity contribution is 7.89. The highest BCUT2D eigenvalue weighted by atomic mass is 35.5. The molecular formula is C13H17ClN2O2S2. The number of rotatable bonds is 3. The fourth-order valence-electron chi connectivity index (χ4n) is 2.28. The van der Waals surface area contributed by atoms with Crippen molar-refractivity contribution in [3.05, 3.63) is 28.8 Å². The van der Waals surface area contributed by atoms with Crippen molar-refractivity contribution in [1.82, 2.24) is 4.31 Å². The number of hydrogen-bond donors (Lipinski definition) is 1. The van der Waals surface area contributed by atoms with Crippen LogP contribution >= 0.6 is 23.8 Å². The second kappa shape index (κ2) is 5.60. The van der Waals surface area contributed by atoms with Crippen LogP contribution in [-0.2, 0) is 10.0 Å². The van der Waals surface area contributed by atoms with Crippen molar-refractivity contribution < 1.29 is 8.42 Å². The average Bonchev–Trinajstić information content (AvgIpc) is 2.69. The summed E-state index contributed by atoms with van der Waals surface area (Å²) in [6.45, 7) is 5.20. The number of nitrogens with zero attached hydrogens (tertiary/aromatic N) is 1. The maximum absolute atomic E-state index is 12.6. The molecule has 0 amide bonds. The molecule has 0 aromatic heterocycles. The van der Waals surface area contributed by atoms with Crippen molar-refractivity contribution in [3.63, 3.8) is 0 Å². The van der Waals surface area contributed by atoms with Gasteiger partial charge in [0.05, 0.1) is 9.92 Å². The Morgan fingerprint density at radius 1 is 1.35 bits per heavy atom.